The Kier molecular flexibility index (Phi) is 6.16. The van der Waals surface area contributed by atoms with Gasteiger partial charge in [0, 0.05) is 42.1 Å². The minimum atomic E-state index is -0.551. The lowest BCUT2D eigenvalue weighted by atomic mass is 9.98. The lowest BCUT2D eigenvalue weighted by Crippen LogP contribution is -2.52. The highest BCUT2D eigenvalue weighted by molar-refractivity contribution is 7.98. The van der Waals surface area contributed by atoms with Gasteiger partial charge in [0.15, 0.2) is 0 Å². The van der Waals surface area contributed by atoms with Crippen molar-refractivity contribution in [2.24, 2.45) is 4.99 Å². The summed E-state index contributed by atoms with van der Waals surface area (Å²) in [5.74, 6) is -0.132. The molecule has 2 aliphatic heterocycles. The van der Waals surface area contributed by atoms with Crippen LogP contribution in [0.15, 0.2) is 52.4 Å². The number of hydrogen-bond acceptors (Lipinski definition) is 5. The van der Waals surface area contributed by atoms with E-state index in [9.17, 15) is 9.59 Å². The predicted octanol–water partition coefficient (Wildman–Crippen LogP) is 3.38. The van der Waals surface area contributed by atoms with Crippen LogP contribution in [0.25, 0.3) is 0 Å². The first-order valence-electron chi connectivity index (χ1n) is 10.5. The molecule has 2 aromatic rings. The average Bonchev–Trinajstić information content (AvgIpc) is 3.08. The maximum Gasteiger partial charge on any atom is 0.272 e. The van der Waals surface area contributed by atoms with Gasteiger partial charge < -0.3 is 10.6 Å². The van der Waals surface area contributed by atoms with Crippen LogP contribution in [-0.4, -0.2) is 54.0 Å². The number of amides is 2. The van der Waals surface area contributed by atoms with Gasteiger partial charge in [-0.05, 0) is 55.5 Å². The molecule has 2 heterocycles. The molecule has 2 N–H and O–H groups in total. The second-order valence-corrected chi connectivity index (χ2v) is 9.18. The largest absolute Gasteiger partial charge is 0.326 e. The SMILES string of the molecule is CSc1cccc(NC(=O)CN2CCC3(CC2)N=C(c2ccc(C)c(C)c2)C(=O)N3)c1. The van der Waals surface area contributed by atoms with Crippen LogP contribution in [0, 0.1) is 13.8 Å². The van der Waals surface area contributed by atoms with Gasteiger partial charge in [0.05, 0.1) is 6.54 Å². The minimum Gasteiger partial charge on any atom is -0.326 e. The van der Waals surface area contributed by atoms with Crippen molar-refractivity contribution in [2.75, 3.05) is 31.2 Å². The van der Waals surface area contributed by atoms with Crippen LogP contribution in [0.3, 0.4) is 0 Å². The summed E-state index contributed by atoms with van der Waals surface area (Å²) in [5.41, 5.74) is 4.00. The summed E-state index contributed by atoms with van der Waals surface area (Å²) >= 11 is 1.65. The fourth-order valence-electron chi connectivity index (χ4n) is 4.07. The van der Waals surface area contributed by atoms with Gasteiger partial charge in [-0.2, -0.15) is 0 Å². The number of benzene rings is 2. The number of nitrogens with zero attached hydrogens (tertiary/aromatic N) is 2. The van der Waals surface area contributed by atoms with E-state index in [1.165, 1.54) is 5.56 Å². The first kappa shape index (κ1) is 21.6. The van der Waals surface area contributed by atoms with E-state index in [2.05, 4.69) is 22.5 Å². The predicted molar refractivity (Wildman–Crippen MR) is 126 cm³/mol. The van der Waals surface area contributed by atoms with E-state index in [0.717, 1.165) is 21.7 Å². The van der Waals surface area contributed by atoms with Crippen molar-refractivity contribution in [3.63, 3.8) is 0 Å². The third kappa shape index (κ3) is 4.83. The van der Waals surface area contributed by atoms with Crippen LogP contribution < -0.4 is 10.6 Å². The van der Waals surface area contributed by atoms with E-state index in [1.807, 2.05) is 55.6 Å². The molecule has 0 saturated carbocycles. The number of aliphatic imine (C=N–C) groups is 1. The van der Waals surface area contributed by atoms with Gasteiger partial charge in [-0.3, -0.25) is 19.5 Å². The van der Waals surface area contributed by atoms with E-state index in [4.69, 9.17) is 4.99 Å². The summed E-state index contributed by atoms with van der Waals surface area (Å²) in [5, 5.41) is 6.09. The van der Waals surface area contributed by atoms with E-state index in [1.54, 1.807) is 11.8 Å². The van der Waals surface area contributed by atoms with Gasteiger partial charge in [-0.1, -0.05) is 18.2 Å². The molecule has 6 nitrogen and oxygen atoms in total. The Hall–Kier alpha value is -2.64. The van der Waals surface area contributed by atoms with Crippen molar-refractivity contribution in [1.29, 1.82) is 0 Å². The highest BCUT2D eigenvalue weighted by Gasteiger charge is 2.42. The van der Waals surface area contributed by atoms with Gasteiger partial charge >= 0.3 is 0 Å². The van der Waals surface area contributed by atoms with Gasteiger partial charge in [-0.15, -0.1) is 11.8 Å². The number of carbonyl (C=O) groups excluding carboxylic acids is 2. The molecule has 0 aromatic heterocycles. The summed E-state index contributed by atoms with van der Waals surface area (Å²) in [7, 11) is 0. The van der Waals surface area contributed by atoms with Crippen molar-refractivity contribution in [3.05, 3.63) is 59.2 Å². The maximum atomic E-state index is 12.6. The Balaban J connectivity index is 1.36. The zero-order valence-electron chi connectivity index (χ0n) is 18.2. The summed E-state index contributed by atoms with van der Waals surface area (Å²) in [6.07, 6.45) is 3.41. The Morgan fingerprint density at radius 3 is 2.65 bits per heavy atom. The third-order valence-electron chi connectivity index (χ3n) is 6.07. The molecular formula is C24H28N4O2S. The number of carbonyl (C=O) groups is 2. The number of aryl methyl sites for hydroxylation is 2. The molecule has 2 aliphatic rings. The summed E-state index contributed by atoms with van der Waals surface area (Å²) in [4.78, 5) is 33.2. The number of anilines is 1. The second-order valence-electron chi connectivity index (χ2n) is 8.30. The highest BCUT2D eigenvalue weighted by atomic mass is 32.2. The van der Waals surface area contributed by atoms with Crippen LogP contribution in [0.4, 0.5) is 5.69 Å². The Labute approximate surface area is 187 Å². The number of rotatable bonds is 5. The van der Waals surface area contributed by atoms with Crippen molar-refractivity contribution in [2.45, 2.75) is 37.2 Å². The van der Waals surface area contributed by atoms with Crippen LogP contribution >= 0.6 is 11.8 Å². The molecule has 0 atom stereocenters. The average molecular weight is 437 g/mol. The van der Waals surface area contributed by atoms with E-state index in [-0.39, 0.29) is 11.8 Å². The van der Waals surface area contributed by atoms with Crippen LogP contribution in [0.1, 0.15) is 29.5 Å². The quantitative estimate of drug-likeness (QED) is 0.705. The summed E-state index contributed by atoms with van der Waals surface area (Å²) in [6.45, 7) is 5.86. The first-order chi connectivity index (χ1) is 14.9. The lowest BCUT2D eigenvalue weighted by molar-refractivity contribution is -0.119. The van der Waals surface area contributed by atoms with Crippen molar-refractivity contribution in [1.82, 2.24) is 10.2 Å². The summed E-state index contributed by atoms with van der Waals surface area (Å²) < 4.78 is 0. The normalized spacial score (nSPS) is 18.0. The molecule has 0 aliphatic carbocycles. The maximum absolute atomic E-state index is 12.6. The van der Waals surface area contributed by atoms with Crippen molar-refractivity contribution >= 4 is 35.0 Å². The zero-order chi connectivity index (χ0) is 22.0. The molecule has 162 valence electrons. The molecule has 1 spiro atoms. The van der Waals surface area contributed by atoms with Gasteiger partial charge in [0.25, 0.3) is 5.91 Å². The molecule has 0 bridgehead atoms. The van der Waals surface area contributed by atoms with Crippen LogP contribution in [-0.2, 0) is 9.59 Å². The molecule has 0 radical (unpaired) electrons. The Morgan fingerprint density at radius 2 is 1.94 bits per heavy atom. The Morgan fingerprint density at radius 1 is 1.16 bits per heavy atom. The second kappa shape index (κ2) is 8.85. The molecule has 0 unspecified atom stereocenters. The standard InChI is InChI=1S/C24H28N4O2S/c1-16-7-8-18(13-17(16)2)22-23(30)27-24(26-22)9-11-28(12-10-24)15-21(29)25-19-5-4-6-20(14-19)31-3/h4-8,13-14H,9-12,15H2,1-3H3,(H,25,29)(H,27,30). The van der Waals surface area contributed by atoms with Gasteiger partial charge in [-0.25, -0.2) is 0 Å². The highest BCUT2D eigenvalue weighted by Crippen LogP contribution is 2.29. The third-order valence-corrected chi connectivity index (χ3v) is 6.80. The molecule has 1 saturated heterocycles. The smallest absolute Gasteiger partial charge is 0.272 e. The van der Waals surface area contributed by atoms with Crippen LogP contribution in [0.5, 0.6) is 0 Å². The Bertz CT molecular complexity index is 1040. The van der Waals surface area contributed by atoms with E-state index >= 15 is 0 Å². The molecule has 31 heavy (non-hydrogen) atoms. The van der Waals surface area contributed by atoms with E-state index < -0.39 is 5.66 Å². The zero-order valence-corrected chi connectivity index (χ0v) is 19.0. The van der Waals surface area contributed by atoms with Gasteiger partial charge in [0.1, 0.15) is 11.4 Å². The van der Waals surface area contributed by atoms with E-state index in [0.29, 0.717) is 38.2 Å². The fraction of sp³-hybridized carbons (Fsp3) is 0.375. The molecule has 7 heteroatoms. The van der Waals surface area contributed by atoms with Crippen LogP contribution in [0.2, 0.25) is 0 Å². The monoisotopic (exact) mass is 436 g/mol. The fourth-order valence-corrected chi connectivity index (χ4v) is 4.53. The number of thioether (sulfide) groups is 1. The molecule has 1 fully saturated rings. The van der Waals surface area contributed by atoms with Crippen molar-refractivity contribution < 1.29 is 9.59 Å². The van der Waals surface area contributed by atoms with Crippen molar-refractivity contribution in [3.8, 4) is 0 Å². The molecule has 2 aromatic carbocycles. The number of likely N-dealkylation sites (tertiary alicyclic amines) is 1. The molecular weight excluding hydrogens is 408 g/mol. The van der Waals surface area contributed by atoms with Gasteiger partial charge in [0.2, 0.25) is 5.91 Å². The minimum absolute atomic E-state index is 0.0241. The molecule has 2 amide bonds. The number of piperidine rings is 1. The summed E-state index contributed by atoms with van der Waals surface area (Å²) in [6, 6.07) is 13.9. The number of nitrogens with one attached hydrogen (secondary N) is 2. The first-order valence-corrected chi connectivity index (χ1v) is 11.8. The molecule has 4 rings (SSSR count). The number of hydrogen-bond donors (Lipinski definition) is 2. The topological polar surface area (TPSA) is 73.8 Å². The lowest BCUT2D eigenvalue weighted by Gasteiger charge is -2.36.